The van der Waals surface area contributed by atoms with Crippen LogP contribution in [0, 0.1) is 0 Å². The van der Waals surface area contributed by atoms with Crippen LogP contribution in [0.15, 0.2) is 18.2 Å². The largest absolute Gasteiger partial charge is 0.395 e. The van der Waals surface area contributed by atoms with Gasteiger partial charge >= 0.3 is 6.03 Å². The molecular formula is C14H21N3O2. The van der Waals surface area contributed by atoms with Crippen LogP contribution in [0.25, 0.3) is 0 Å². The molecule has 1 aliphatic rings. The number of urea groups is 1. The third-order valence-corrected chi connectivity index (χ3v) is 3.35. The number of hydrogen-bond donors (Lipinski definition) is 3. The zero-order valence-electron chi connectivity index (χ0n) is 11.3. The second kappa shape index (κ2) is 6.43. The highest BCUT2D eigenvalue weighted by Gasteiger charge is 2.13. The first-order chi connectivity index (χ1) is 9.20. The van der Waals surface area contributed by atoms with Gasteiger partial charge in [-0.15, -0.1) is 0 Å². The molecule has 1 aliphatic heterocycles. The minimum atomic E-state index is -0.246. The average Bonchev–Trinajstić information content (AvgIpc) is 2.43. The second-order valence-corrected chi connectivity index (χ2v) is 4.82. The van der Waals surface area contributed by atoms with Crippen molar-refractivity contribution in [3.05, 3.63) is 29.3 Å². The van der Waals surface area contributed by atoms with Crippen LogP contribution in [0.1, 0.15) is 17.5 Å². The molecule has 0 unspecified atom stereocenters. The van der Waals surface area contributed by atoms with Gasteiger partial charge < -0.3 is 20.6 Å². The van der Waals surface area contributed by atoms with Gasteiger partial charge in [-0.1, -0.05) is 12.1 Å². The maximum absolute atomic E-state index is 11.4. The summed E-state index contributed by atoms with van der Waals surface area (Å²) in [4.78, 5) is 13.6. The number of anilines is 1. The molecule has 5 heteroatoms. The van der Waals surface area contributed by atoms with Gasteiger partial charge in [0.2, 0.25) is 0 Å². The Kier molecular flexibility index (Phi) is 4.63. The maximum Gasteiger partial charge on any atom is 0.315 e. The van der Waals surface area contributed by atoms with Crippen molar-refractivity contribution >= 4 is 11.7 Å². The fourth-order valence-electron chi connectivity index (χ4n) is 2.36. The van der Waals surface area contributed by atoms with Crippen molar-refractivity contribution in [3.8, 4) is 0 Å². The molecule has 1 heterocycles. The molecule has 0 radical (unpaired) electrons. The Labute approximate surface area is 113 Å². The normalized spacial score (nSPS) is 13.9. The number of carbonyl (C=O) groups excluding carboxylic acids is 1. The highest BCUT2D eigenvalue weighted by atomic mass is 16.3. The van der Waals surface area contributed by atoms with Gasteiger partial charge in [0.05, 0.1) is 6.61 Å². The van der Waals surface area contributed by atoms with Crippen molar-refractivity contribution in [2.45, 2.75) is 19.4 Å². The number of nitrogens with one attached hydrogen (secondary N) is 2. The van der Waals surface area contributed by atoms with E-state index >= 15 is 0 Å². The molecule has 5 nitrogen and oxygen atoms in total. The highest BCUT2D eigenvalue weighted by Crippen LogP contribution is 2.26. The fourth-order valence-corrected chi connectivity index (χ4v) is 2.36. The summed E-state index contributed by atoms with van der Waals surface area (Å²) in [5, 5.41) is 14.0. The first-order valence-corrected chi connectivity index (χ1v) is 6.66. The number of amides is 2. The van der Waals surface area contributed by atoms with Crippen molar-refractivity contribution in [2.75, 3.05) is 31.6 Å². The molecule has 0 atom stereocenters. The smallest absolute Gasteiger partial charge is 0.315 e. The number of carbonyl (C=O) groups is 1. The van der Waals surface area contributed by atoms with Crippen LogP contribution >= 0.6 is 0 Å². The lowest BCUT2D eigenvalue weighted by Gasteiger charge is -2.27. The van der Waals surface area contributed by atoms with Crippen LogP contribution in [0.3, 0.4) is 0 Å². The second-order valence-electron chi connectivity index (χ2n) is 4.82. The minimum absolute atomic E-state index is 0.0431. The molecule has 0 bridgehead atoms. The average molecular weight is 263 g/mol. The predicted molar refractivity (Wildman–Crippen MR) is 75.4 cm³/mol. The molecule has 2 amide bonds. The molecule has 2 rings (SSSR count). The topological polar surface area (TPSA) is 64.6 Å². The van der Waals surface area contributed by atoms with Gasteiger partial charge in [-0.3, -0.25) is 0 Å². The Morgan fingerprint density at radius 3 is 3.05 bits per heavy atom. The zero-order chi connectivity index (χ0) is 13.7. The van der Waals surface area contributed by atoms with E-state index in [1.807, 2.05) is 6.07 Å². The minimum Gasteiger partial charge on any atom is -0.395 e. The van der Waals surface area contributed by atoms with E-state index in [0.29, 0.717) is 6.54 Å². The first kappa shape index (κ1) is 13.7. The van der Waals surface area contributed by atoms with Gasteiger partial charge in [0.1, 0.15) is 0 Å². The Morgan fingerprint density at radius 1 is 1.42 bits per heavy atom. The molecule has 1 aromatic carbocycles. The standard InChI is InChI=1S/C14H21N3O2/c1-17-7-2-3-12-9-11(4-5-13(12)17)10-16-14(19)15-6-8-18/h4-5,9,18H,2-3,6-8,10H2,1H3,(H2,15,16,19). The van der Waals surface area contributed by atoms with Gasteiger partial charge in [0.25, 0.3) is 0 Å². The van der Waals surface area contributed by atoms with Crippen molar-refractivity contribution in [2.24, 2.45) is 0 Å². The van der Waals surface area contributed by atoms with Crippen molar-refractivity contribution < 1.29 is 9.90 Å². The van der Waals surface area contributed by atoms with E-state index in [0.717, 1.165) is 18.5 Å². The van der Waals surface area contributed by atoms with E-state index in [2.05, 4.69) is 34.7 Å². The molecule has 0 aromatic heterocycles. The number of aliphatic hydroxyl groups excluding tert-OH is 1. The SMILES string of the molecule is CN1CCCc2cc(CNC(=O)NCCO)ccc21. The lowest BCUT2D eigenvalue weighted by Crippen LogP contribution is -2.36. The highest BCUT2D eigenvalue weighted by molar-refractivity contribution is 5.73. The molecule has 3 N–H and O–H groups in total. The summed E-state index contributed by atoms with van der Waals surface area (Å²) in [5.74, 6) is 0. The van der Waals surface area contributed by atoms with Gasteiger partial charge in [-0.2, -0.15) is 0 Å². The number of fused-ring (bicyclic) bond motifs is 1. The van der Waals surface area contributed by atoms with Crippen LogP contribution in [-0.4, -0.2) is 37.9 Å². The monoisotopic (exact) mass is 263 g/mol. The molecule has 19 heavy (non-hydrogen) atoms. The van der Waals surface area contributed by atoms with Crippen LogP contribution in [-0.2, 0) is 13.0 Å². The fraction of sp³-hybridized carbons (Fsp3) is 0.500. The van der Waals surface area contributed by atoms with Gasteiger partial charge in [0.15, 0.2) is 0 Å². The summed E-state index contributed by atoms with van der Waals surface area (Å²) in [6.45, 7) is 1.85. The van der Waals surface area contributed by atoms with E-state index in [4.69, 9.17) is 5.11 Å². The van der Waals surface area contributed by atoms with Gasteiger partial charge in [-0.05, 0) is 30.0 Å². The lowest BCUT2D eigenvalue weighted by molar-refractivity contribution is 0.234. The van der Waals surface area contributed by atoms with E-state index in [1.54, 1.807) is 0 Å². The van der Waals surface area contributed by atoms with Gasteiger partial charge in [-0.25, -0.2) is 4.79 Å². The van der Waals surface area contributed by atoms with Crippen LogP contribution in [0.4, 0.5) is 10.5 Å². The molecule has 1 aromatic rings. The lowest BCUT2D eigenvalue weighted by atomic mass is 9.99. The quantitative estimate of drug-likeness (QED) is 0.755. The number of aryl methyl sites for hydroxylation is 1. The molecule has 0 saturated carbocycles. The Hall–Kier alpha value is -1.75. The molecule has 0 aliphatic carbocycles. The zero-order valence-corrected chi connectivity index (χ0v) is 11.3. The van der Waals surface area contributed by atoms with Crippen molar-refractivity contribution in [1.82, 2.24) is 10.6 Å². The third-order valence-electron chi connectivity index (χ3n) is 3.35. The Balaban J connectivity index is 1.93. The summed E-state index contributed by atoms with van der Waals surface area (Å²) >= 11 is 0. The summed E-state index contributed by atoms with van der Waals surface area (Å²) in [7, 11) is 2.11. The number of benzene rings is 1. The third kappa shape index (κ3) is 3.61. The van der Waals surface area contributed by atoms with Gasteiger partial charge in [0, 0.05) is 32.4 Å². The summed E-state index contributed by atoms with van der Waals surface area (Å²) in [6, 6.07) is 6.09. The summed E-state index contributed by atoms with van der Waals surface area (Å²) < 4.78 is 0. The molecule has 0 spiro atoms. The van der Waals surface area contributed by atoms with Crippen molar-refractivity contribution in [3.63, 3.8) is 0 Å². The number of nitrogens with zero attached hydrogens (tertiary/aromatic N) is 1. The predicted octanol–water partition coefficient (Wildman–Crippen LogP) is 0.861. The van der Waals surface area contributed by atoms with Crippen LogP contribution in [0.5, 0.6) is 0 Å². The van der Waals surface area contributed by atoms with E-state index in [9.17, 15) is 4.79 Å². The molecule has 0 fully saturated rings. The molecule has 0 saturated heterocycles. The first-order valence-electron chi connectivity index (χ1n) is 6.66. The Bertz CT molecular complexity index is 448. The number of rotatable bonds is 4. The Morgan fingerprint density at radius 2 is 2.26 bits per heavy atom. The van der Waals surface area contributed by atoms with E-state index < -0.39 is 0 Å². The number of hydrogen-bond acceptors (Lipinski definition) is 3. The van der Waals surface area contributed by atoms with Crippen molar-refractivity contribution in [1.29, 1.82) is 0 Å². The van der Waals surface area contributed by atoms with E-state index in [1.165, 1.54) is 17.7 Å². The van der Waals surface area contributed by atoms with Crippen LogP contribution in [0.2, 0.25) is 0 Å². The molecular weight excluding hydrogens is 242 g/mol. The summed E-state index contributed by atoms with van der Waals surface area (Å²) in [6.07, 6.45) is 2.28. The van der Waals surface area contributed by atoms with E-state index in [-0.39, 0.29) is 19.2 Å². The maximum atomic E-state index is 11.4. The summed E-state index contributed by atoms with van der Waals surface area (Å²) in [5.41, 5.74) is 3.75. The number of aliphatic hydroxyl groups is 1. The van der Waals surface area contributed by atoms with Crippen LogP contribution < -0.4 is 15.5 Å². The molecule has 104 valence electrons.